The van der Waals surface area contributed by atoms with Crippen LogP contribution in [0.15, 0.2) is 0 Å². The summed E-state index contributed by atoms with van der Waals surface area (Å²) in [6.07, 6.45) is 8.82. The van der Waals surface area contributed by atoms with Crippen molar-refractivity contribution in [3.8, 4) is 0 Å². The first-order chi connectivity index (χ1) is 10.1. The Bertz CT molecular complexity index is 432. The molecule has 3 aliphatic rings. The molecule has 0 unspecified atom stereocenters. The Balaban J connectivity index is 1.89. The molecule has 21 heavy (non-hydrogen) atoms. The molecule has 118 valence electrons. The van der Waals surface area contributed by atoms with Gasteiger partial charge in [0.05, 0.1) is 0 Å². The Morgan fingerprint density at radius 2 is 1.76 bits per heavy atom. The van der Waals surface area contributed by atoms with Crippen molar-refractivity contribution in [1.82, 2.24) is 10.2 Å². The summed E-state index contributed by atoms with van der Waals surface area (Å²) in [4.78, 5) is 28.0. The normalized spacial score (nSPS) is 27.2. The number of nitrogens with one attached hydrogen (secondary N) is 1. The van der Waals surface area contributed by atoms with Crippen molar-refractivity contribution in [2.24, 2.45) is 5.92 Å². The molecule has 4 heteroatoms. The summed E-state index contributed by atoms with van der Waals surface area (Å²) in [6, 6.07) is 0. The molecule has 0 aromatic rings. The van der Waals surface area contributed by atoms with Gasteiger partial charge in [-0.25, -0.2) is 0 Å². The lowest BCUT2D eigenvalue weighted by molar-refractivity contribution is -0.164. The smallest absolute Gasteiger partial charge is 0.249 e. The molecule has 2 saturated carbocycles. The molecule has 2 amide bonds. The van der Waals surface area contributed by atoms with Gasteiger partial charge in [-0.15, -0.1) is 0 Å². The highest BCUT2D eigenvalue weighted by Gasteiger charge is 2.57. The largest absolute Gasteiger partial charge is 0.340 e. The summed E-state index contributed by atoms with van der Waals surface area (Å²) in [7, 11) is 0. The number of amides is 2. The zero-order valence-electron chi connectivity index (χ0n) is 13.4. The summed E-state index contributed by atoms with van der Waals surface area (Å²) in [6.45, 7) is 4.83. The maximum atomic E-state index is 13.2. The number of carbonyl (C=O) groups is 2. The Hall–Kier alpha value is -1.06. The van der Waals surface area contributed by atoms with E-state index in [1.54, 1.807) is 0 Å². The summed E-state index contributed by atoms with van der Waals surface area (Å²) < 4.78 is 0. The fraction of sp³-hybridized carbons (Fsp3) is 0.882. The van der Waals surface area contributed by atoms with Gasteiger partial charge in [-0.3, -0.25) is 9.59 Å². The first-order valence-corrected chi connectivity index (χ1v) is 8.72. The van der Waals surface area contributed by atoms with Gasteiger partial charge >= 0.3 is 0 Å². The molecule has 3 fully saturated rings. The predicted molar refractivity (Wildman–Crippen MR) is 81.7 cm³/mol. The average Bonchev–Trinajstić information content (AvgIpc) is 3.20. The topological polar surface area (TPSA) is 49.4 Å². The molecule has 0 bridgehead atoms. The van der Waals surface area contributed by atoms with Crippen LogP contribution in [0.2, 0.25) is 0 Å². The minimum atomic E-state index is -0.611. The van der Waals surface area contributed by atoms with E-state index in [0.29, 0.717) is 12.8 Å². The van der Waals surface area contributed by atoms with Crippen molar-refractivity contribution in [3.63, 3.8) is 0 Å². The minimum absolute atomic E-state index is 0.0878. The number of nitrogens with zero attached hydrogens (tertiary/aromatic N) is 1. The van der Waals surface area contributed by atoms with Crippen LogP contribution in [0, 0.1) is 5.92 Å². The third-order valence-corrected chi connectivity index (χ3v) is 6.03. The molecule has 0 aromatic carbocycles. The van der Waals surface area contributed by atoms with Crippen LogP contribution < -0.4 is 5.32 Å². The first-order valence-electron chi connectivity index (χ1n) is 8.72. The molecular weight excluding hydrogens is 264 g/mol. The highest BCUT2D eigenvalue weighted by molar-refractivity contribution is 6.02. The lowest BCUT2D eigenvalue weighted by Gasteiger charge is -2.51. The minimum Gasteiger partial charge on any atom is -0.340 e. The Labute approximate surface area is 127 Å². The van der Waals surface area contributed by atoms with E-state index in [-0.39, 0.29) is 11.8 Å². The SMILES string of the molecule is CCC1(CC)C(=O)NC2(CCCC2)C(=O)N1CCC1CC1. The Morgan fingerprint density at radius 3 is 2.29 bits per heavy atom. The number of rotatable bonds is 5. The van der Waals surface area contributed by atoms with Gasteiger partial charge in [0.2, 0.25) is 11.8 Å². The third-order valence-electron chi connectivity index (χ3n) is 6.03. The second-order valence-corrected chi connectivity index (χ2v) is 7.17. The molecule has 4 nitrogen and oxygen atoms in total. The van der Waals surface area contributed by atoms with E-state index in [0.717, 1.165) is 44.6 Å². The summed E-state index contributed by atoms with van der Waals surface area (Å²) in [5.74, 6) is 1.07. The standard InChI is InChI=1S/C17H28N2O2/c1-3-17(4-2)14(20)18-16(10-5-6-11-16)15(21)19(17)12-9-13-7-8-13/h13H,3-12H2,1-2H3,(H,18,20). The molecule has 3 rings (SSSR count). The van der Waals surface area contributed by atoms with Gasteiger partial charge < -0.3 is 10.2 Å². The highest BCUT2D eigenvalue weighted by Crippen LogP contribution is 2.41. The fourth-order valence-corrected chi connectivity index (χ4v) is 4.27. The van der Waals surface area contributed by atoms with Crippen molar-refractivity contribution < 1.29 is 9.59 Å². The van der Waals surface area contributed by atoms with Gasteiger partial charge in [-0.05, 0) is 38.0 Å². The van der Waals surface area contributed by atoms with E-state index in [4.69, 9.17) is 0 Å². The summed E-state index contributed by atoms with van der Waals surface area (Å²) in [5, 5.41) is 3.14. The van der Waals surface area contributed by atoms with Crippen molar-refractivity contribution in [2.45, 2.75) is 82.7 Å². The van der Waals surface area contributed by atoms with Crippen molar-refractivity contribution in [1.29, 1.82) is 0 Å². The van der Waals surface area contributed by atoms with Gasteiger partial charge in [0.25, 0.3) is 0 Å². The fourth-order valence-electron chi connectivity index (χ4n) is 4.27. The Morgan fingerprint density at radius 1 is 1.14 bits per heavy atom. The van der Waals surface area contributed by atoms with Crippen LogP contribution in [0.1, 0.15) is 71.6 Å². The van der Waals surface area contributed by atoms with E-state index in [9.17, 15) is 9.59 Å². The number of hydrogen-bond acceptors (Lipinski definition) is 2. The van der Waals surface area contributed by atoms with Crippen LogP contribution in [-0.4, -0.2) is 34.3 Å². The second-order valence-electron chi connectivity index (χ2n) is 7.17. The van der Waals surface area contributed by atoms with Crippen LogP contribution in [0.3, 0.4) is 0 Å². The quantitative estimate of drug-likeness (QED) is 0.847. The molecule has 1 heterocycles. The monoisotopic (exact) mass is 292 g/mol. The number of hydrogen-bond donors (Lipinski definition) is 1. The van der Waals surface area contributed by atoms with Gasteiger partial charge in [0.15, 0.2) is 0 Å². The van der Waals surface area contributed by atoms with Gasteiger partial charge in [-0.1, -0.05) is 39.5 Å². The number of carbonyl (C=O) groups excluding carboxylic acids is 2. The molecule has 0 aromatic heterocycles. The van der Waals surface area contributed by atoms with Crippen LogP contribution in [0.25, 0.3) is 0 Å². The maximum absolute atomic E-state index is 13.2. The van der Waals surface area contributed by atoms with E-state index in [2.05, 4.69) is 5.32 Å². The highest BCUT2D eigenvalue weighted by atomic mass is 16.2. The third kappa shape index (κ3) is 2.27. The van der Waals surface area contributed by atoms with Crippen molar-refractivity contribution in [2.75, 3.05) is 6.54 Å². The molecule has 1 spiro atoms. The first kappa shape index (κ1) is 14.9. The molecular formula is C17H28N2O2. The van der Waals surface area contributed by atoms with E-state index < -0.39 is 11.1 Å². The summed E-state index contributed by atoms with van der Waals surface area (Å²) >= 11 is 0. The zero-order valence-corrected chi connectivity index (χ0v) is 13.4. The lowest BCUT2D eigenvalue weighted by Crippen LogP contribution is -2.75. The maximum Gasteiger partial charge on any atom is 0.249 e. The second kappa shape index (κ2) is 5.29. The summed E-state index contributed by atoms with van der Waals surface area (Å²) in [5.41, 5.74) is -1.19. The zero-order chi connectivity index (χ0) is 15.1. The molecule has 2 aliphatic carbocycles. The van der Waals surface area contributed by atoms with Gasteiger partial charge in [0.1, 0.15) is 11.1 Å². The van der Waals surface area contributed by atoms with Crippen LogP contribution in [0.4, 0.5) is 0 Å². The van der Waals surface area contributed by atoms with Gasteiger partial charge in [-0.2, -0.15) is 0 Å². The van der Waals surface area contributed by atoms with Gasteiger partial charge in [0, 0.05) is 6.54 Å². The van der Waals surface area contributed by atoms with Crippen LogP contribution >= 0.6 is 0 Å². The molecule has 1 N–H and O–H groups in total. The molecule has 1 aliphatic heterocycles. The van der Waals surface area contributed by atoms with Crippen molar-refractivity contribution >= 4 is 11.8 Å². The van der Waals surface area contributed by atoms with E-state index in [1.807, 2.05) is 18.7 Å². The Kier molecular flexibility index (Phi) is 3.74. The molecule has 0 atom stereocenters. The molecule has 0 radical (unpaired) electrons. The number of piperazine rings is 1. The average molecular weight is 292 g/mol. The molecule has 1 saturated heterocycles. The van der Waals surface area contributed by atoms with E-state index in [1.165, 1.54) is 12.8 Å². The lowest BCUT2D eigenvalue weighted by atomic mass is 9.80. The van der Waals surface area contributed by atoms with E-state index >= 15 is 0 Å². The van der Waals surface area contributed by atoms with Crippen LogP contribution in [-0.2, 0) is 9.59 Å². The van der Waals surface area contributed by atoms with Crippen molar-refractivity contribution in [3.05, 3.63) is 0 Å². The predicted octanol–water partition coefficient (Wildman–Crippen LogP) is 2.62. The van der Waals surface area contributed by atoms with Crippen LogP contribution in [0.5, 0.6) is 0 Å².